The molecule has 1 aromatic heterocycles. The Morgan fingerprint density at radius 2 is 1.89 bits per heavy atom. The molecule has 0 amide bonds. The zero-order valence-corrected chi connectivity index (χ0v) is 10.3. The van der Waals surface area contributed by atoms with Crippen LogP contribution in [0.2, 0.25) is 0 Å². The molecule has 3 rings (SSSR count). The van der Waals surface area contributed by atoms with E-state index in [1.165, 1.54) is 12.1 Å². The van der Waals surface area contributed by atoms with Crippen molar-refractivity contribution in [1.82, 2.24) is 9.55 Å². The summed E-state index contributed by atoms with van der Waals surface area (Å²) in [6, 6.07) is 12.1. The molecule has 0 radical (unpaired) electrons. The van der Waals surface area contributed by atoms with Gasteiger partial charge in [-0.15, -0.1) is 0 Å². The van der Waals surface area contributed by atoms with Crippen molar-refractivity contribution < 1.29 is 9.18 Å². The number of rotatable bonds is 2. The highest BCUT2D eigenvalue weighted by atomic mass is 19.1. The van der Waals surface area contributed by atoms with Gasteiger partial charge in [0.15, 0.2) is 12.1 Å². The van der Waals surface area contributed by atoms with E-state index >= 15 is 0 Å². The number of aldehydes is 1. The van der Waals surface area contributed by atoms with E-state index in [4.69, 9.17) is 0 Å². The van der Waals surface area contributed by atoms with Crippen LogP contribution >= 0.6 is 0 Å². The van der Waals surface area contributed by atoms with Crippen LogP contribution in [0.15, 0.2) is 42.5 Å². The molecule has 0 spiro atoms. The van der Waals surface area contributed by atoms with Gasteiger partial charge in [0.05, 0.1) is 11.0 Å². The predicted octanol–water partition coefficient (Wildman–Crippen LogP) is 3.29. The number of benzene rings is 2. The Morgan fingerprint density at radius 3 is 2.58 bits per heavy atom. The summed E-state index contributed by atoms with van der Waals surface area (Å²) in [5.74, 6) is -0.0945. The van der Waals surface area contributed by atoms with E-state index < -0.39 is 0 Å². The van der Waals surface area contributed by atoms with Crippen molar-refractivity contribution in [3.8, 4) is 5.69 Å². The lowest BCUT2D eigenvalue weighted by Crippen LogP contribution is -1.99. The third-order valence-electron chi connectivity index (χ3n) is 3.04. The van der Waals surface area contributed by atoms with Gasteiger partial charge in [0.1, 0.15) is 5.82 Å². The second kappa shape index (κ2) is 4.31. The molecule has 0 unspecified atom stereocenters. The van der Waals surface area contributed by atoms with Gasteiger partial charge in [-0.1, -0.05) is 17.7 Å². The Hall–Kier alpha value is -2.49. The van der Waals surface area contributed by atoms with Gasteiger partial charge in [-0.2, -0.15) is 0 Å². The molecule has 0 N–H and O–H groups in total. The summed E-state index contributed by atoms with van der Waals surface area (Å²) in [6.07, 6.45) is 0.678. The zero-order chi connectivity index (χ0) is 13.4. The first kappa shape index (κ1) is 11.6. The summed E-state index contributed by atoms with van der Waals surface area (Å²) < 4.78 is 14.9. The number of aryl methyl sites for hydroxylation is 1. The first-order chi connectivity index (χ1) is 9.19. The van der Waals surface area contributed by atoms with Gasteiger partial charge in [-0.25, -0.2) is 9.37 Å². The average molecular weight is 254 g/mol. The molecule has 1 heterocycles. The van der Waals surface area contributed by atoms with E-state index in [9.17, 15) is 9.18 Å². The monoisotopic (exact) mass is 254 g/mol. The molecule has 4 heteroatoms. The summed E-state index contributed by atoms with van der Waals surface area (Å²) in [6.45, 7) is 1.99. The number of imidazole rings is 1. The SMILES string of the molecule is Cc1ccc(-n2c(C=O)nc3cc(F)ccc32)cc1. The van der Waals surface area contributed by atoms with Crippen molar-refractivity contribution in [2.24, 2.45) is 0 Å². The quantitative estimate of drug-likeness (QED) is 0.658. The Bertz CT molecular complexity index is 760. The third kappa shape index (κ3) is 1.91. The lowest BCUT2D eigenvalue weighted by Gasteiger charge is -2.06. The fourth-order valence-electron chi connectivity index (χ4n) is 2.12. The minimum atomic E-state index is -0.362. The van der Waals surface area contributed by atoms with Crippen LogP contribution in [0.1, 0.15) is 16.2 Å². The average Bonchev–Trinajstić information content (AvgIpc) is 2.77. The van der Waals surface area contributed by atoms with Gasteiger partial charge < -0.3 is 0 Å². The van der Waals surface area contributed by atoms with Gasteiger partial charge in [0.2, 0.25) is 0 Å². The fourth-order valence-corrected chi connectivity index (χ4v) is 2.12. The maximum Gasteiger partial charge on any atom is 0.185 e. The first-order valence-corrected chi connectivity index (χ1v) is 5.89. The van der Waals surface area contributed by atoms with Gasteiger partial charge in [-0.3, -0.25) is 9.36 Å². The normalized spacial score (nSPS) is 10.8. The van der Waals surface area contributed by atoms with Gasteiger partial charge in [0, 0.05) is 11.8 Å². The van der Waals surface area contributed by atoms with Crippen LogP contribution in [-0.4, -0.2) is 15.8 Å². The second-order valence-corrected chi connectivity index (χ2v) is 4.39. The lowest BCUT2D eigenvalue weighted by molar-refractivity contribution is 0.111. The number of carbonyl (C=O) groups is 1. The summed E-state index contributed by atoms with van der Waals surface area (Å²) in [4.78, 5) is 15.3. The minimum Gasteiger partial charge on any atom is -0.294 e. The molecule has 94 valence electrons. The molecule has 3 nitrogen and oxygen atoms in total. The zero-order valence-electron chi connectivity index (χ0n) is 10.3. The van der Waals surface area contributed by atoms with Crippen LogP contribution in [0.25, 0.3) is 16.7 Å². The van der Waals surface area contributed by atoms with Crippen LogP contribution in [-0.2, 0) is 0 Å². The number of carbonyl (C=O) groups excluding carboxylic acids is 1. The molecular formula is C15H11FN2O. The lowest BCUT2D eigenvalue weighted by atomic mass is 10.2. The number of hydrogen-bond acceptors (Lipinski definition) is 2. The summed E-state index contributed by atoms with van der Waals surface area (Å²) in [7, 11) is 0. The Labute approximate surface area is 109 Å². The van der Waals surface area contributed by atoms with E-state index in [0.717, 1.165) is 11.3 Å². The highest BCUT2D eigenvalue weighted by Gasteiger charge is 2.12. The summed E-state index contributed by atoms with van der Waals surface area (Å²) in [5, 5.41) is 0. The third-order valence-corrected chi connectivity index (χ3v) is 3.04. The van der Waals surface area contributed by atoms with E-state index in [0.29, 0.717) is 17.3 Å². The Kier molecular flexibility index (Phi) is 2.63. The first-order valence-electron chi connectivity index (χ1n) is 5.89. The van der Waals surface area contributed by atoms with Gasteiger partial charge in [0.25, 0.3) is 0 Å². The second-order valence-electron chi connectivity index (χ2n) is 4.39. The minimum absolute atomic E-state index is 0.268. The molecule has 3 aromatic rings. The van der Waals surface area contributed by atoms with Crippen LogP contribution in [0.5, 0.6) is 0 Å². The molecule has 0 saturated carbocycles. The molecule has 2 aromatic carbocycles. The van der Waals surface area contributed by atoms with Crippen molar-refractivity contribution in [1.29, 1.82) is 0 Å². The molecule has 0 atom stereocenters. The van der Waals surface area contributed by atoms with Crippen molar-refractivity contribution in [3.05, 3.63) is 59.7 Å². The van der Waals surface area contributed by atoms with Crippen LogP contribution in [0.4, 0.5) is 4.39 Å². The molecule has 0 saturated heterocycles. The van der Waals surface area contributed by atoms with Crippen molar-refractivity contribution in [2.75, 3.05) is 0 Å². The van der Waals surface area contributed by atoms with Gasteiger partial charge >= 0.3 is 0 Å². The number of aromatic nitrogens is 2. The van der Waals surface area contributed by atoms with Crippen LogP contribution in [0.3, 0.4) is 0 Å². The largest absolute Gasteiger partial charge is 0.294 e. The molecule has 19 heavy (non-hydrogen) atoms. The van der Waals surface area contributed by atoms with E-state index in [1.54, 1.807) is 10.6 Å². The highest BCUT2D eigenvalue weighted by molar-refractivity contribution is 5.85. The number of nitrogens with zero attached hydrogens (tertiary/aromatic N) is 2. The molecule has 0 aliphatic heterocycles. The standard InChI is InChI=1S/C15H11FN2O/c1-10-2-5-12(6-3-10)18-14-7-4-11(16)8-13(14)17-15(18)9-19/h2-9H,1H3. The Morgan fingerprint density at radius 1 is 1.16 bits per heavy atom. The molecule has 0 aliphatic carbocycles. The fraction of sp³-hybridized carbons (Fsp3) is 0.0667. The smallest absolute Gasteiger partial charge is 0.185 e. The van der Waals surface area contributed by atoms with Crippen LogP contribution < -0.4 is 0 Å². The molecule has 0 bridgehead atoms. The summed E-state index contributed by atoms with van der Waals surface area (Å²) >= 11 is 0. The Balaban J connectivity index is 2.32. The maximum absolute atomic E-state index is 13.2. The van der Waals surface area contributed by atoms with Crippen molar-refractivity contribution >= 4 is 17.3 Å². The predicted molar refractivity (Wildman–Crippen MR) is 71.2 cm³/mol. The maximum atomic E-state index is 13.2. The number of halogens is 1. The van der Waals surface area contributed by atoms with Crippen molar-refractivity contribution in [2.45, 2.75) is 6.92 Å². The van der Waals surface area contributed by atoms with Crippen molar-refractivity contribution in [3.63, 3.8) is 0 Å². The van der Waals surface area contributed by atoms with Gasteiger partial charge in [-0.05, 0) is 31.2 Å². The van der Waals surface area contributed by atoms with Crippen LogP contribution in [0, 0.1) is 12.7 Å². The topological polar surface area (TPSA) is 34.9 Å². The summed E-state index contributed by atoms with van der Waals surface area (Å²) in [5.41, 5.74) is 3.16. The molecule has 0 aliphatic rings. The van der Waals surface area contributed by atoms with E-state index in [2.05, 4.69) is 4.98 Å². The molecular weight excluding hydrogens is 243 g/mol. The molecule has 0 fully saturated rings. The highest BCUT2D eigenvalue weighted by Crippen LogP contribution is 2.21. The number of fused-ring (bicyclic) bond motifs is 1. The van der Waals surface area contributed by atoms with E-state index in [-0.39, 0.29) is 11.6 Å². The number of hydrogen-bond donors (Lipinski definition) is 0. The van der Waals surface area contributed by atoms with E-state index in [1.807, 2.05) is 31.2 Å².